The molecule has 0 radical (unpaired) electrons. The predicted octanol–water partition coefficient (Wildman–Crippen LogP) is 2.93. The number of fused-ring (bicyclic) bond motifs is 1. The van der Waals surface area contributed by atoms with Gasteiger partial charge in [0.25, 0.3) is 17.7 Å². The van der Waals surface area contributed by atoms with E-state index in [-0.39, 0.29) is 29.0 Å². The first-order valence-corrected chi connectivity index (χ1v) is 10.3. The van der Waals surface area contributed by atoms with E-state index in [9.17, 15) is 19.2 Å². The first-order valence-electron chi connectivity index (χ1n) is 10.3. The molecule has 1 unspecified atom stereocenters. The van der Waals surface area contributed by atoms with Gasteiger partial charge in [-0.15, -0.1) is 0 Å². The zero-order chi connectivity index (χ0) is 21.1. The number of carbonyl (C=O) groups excluding carboxylic acids is 4. The molecular formula is C22H28N2O5. The smallest absolute Gasteiger partial charge is 0.338 e. The van der Waals surface area contributed by atoms with E-state index < -0.39 is 18.0 Å². The summed E-state index contributed by atoms with van der Waals surface area (Å²) in [6, 6.07) is 4.46. The van der Waals surface area contributed by atoms with E-state index in [1.807, 2.05) is 13.8 Å². The van der Waals surface area contributed by atoms with Crippen molar-refractivity contribution in [2.45, 2.75) is 65.0 Å². The van der Waals surface area contributed by atoms with Crippen molar-refractivity contribution < 1.29 is 23.9 Å². The maximum atomic E-state index is 12.6. The molecule has 1 atom stereocenters. The Kier molecular flexibility index (Phi) is 6.35. The number of benzene rings is 1. The second-order valence-corrected chi connectivity index (χ2v) is 8.24. The van der Waals surface area contributed by atoms with E-state index >= 15 is 0 Å². The Morgan fingerprint density at radius 3 is 2.41 bits per heavy atom. The molecule has 1 fully saturated rings. The van der Waals surface area contributed by atoms with E-state index in [1.54, 1.807) is 0 Å². The van der Waals surface area contributed by atoms with Crippen LogP contribution >= 0.6 is 0 Å². The summed E-state index contributed by atoms with van der Waals surface area (Å²) in [5, 5.41) is 2.90. The van der Waals surface area contributed by atoms with Crippen molar-refractivity contribution in [2.75, 3.05) is 6.54 Å². The van der Waals surface area contributed by atoms with Gasteiger partial charge in [-0.2, -0.15) is 0 Å². The summed E-state index contributed by atoms with van der Waals surface area (Å²) >= 11 is 0. The molecular weight excluding hydrogens is 372 g/mol. The van der Waals surface area contributed by atoms with Crippen LogP contribution in [0.4, 0.5) is 0 Å². The number of hydrogen-bond donors (Lipinski definition) is 1. The average Bonchev–Trinajstić information content (AvgIpc) is 3.27. The third-order valence-electron chi connectivity index (χ3n) is 5.49. The van der Waals surface area contributed by atoms with Gasteiger partial charge in [-0.3, -0.25) is 19.3 Å². The van der Waals surface area contributed by atoms with Crippen LogP contribution in [0, 0.1) is 5.92 Å². The standard InChI is InChI=1S/C22H28N2O5/c1-13(2)10-11-24-20(26)17-9-8-15(12-18(17)21(24)27)22(28)29-14(3)19(25)23-16-6-4-5-7-16/h8-9,12-14,16H,4-7,10-11H2,1-3H3,(H,23,25). The van der Waals surface area contributed by atoms with Gasteiger partial charge in [-0.1, -0.05) is 26.7 Å². The molecule has 0 aromatic heterocycles. The number of amides is 3. The molecule has 7 heteroatoms. The van der Waals surface area contributed by atoms with Crippen LogP contribution in [0.3, 0.4) is 0 Å². The number of nitrogens with one attached hydrogen (secondary N) is 1. The van der Waals surface area contributed by atoms with Gasteiger partial charge < -0.3 is 10.1 Å². The average molecular weight is 400 g/mol. The molecule has 29 heavy (non-hydrogen) atoms. The summed E-state index contributed by atoms with van der Waals surface area (Å²) < 4.78 is 5.28. The van der Waals surface area contributed by atoms with Crippen LogP contribution in [0.1, 0.15) is 83.9 Å². The van der Waals surface area contributed by atoms with Crippen LogP contribution in [0.15, 0.2) is 18.2 Å². The molecule has 156 valence electrons. The normalized spacial score (nSPS) is 17.6. The Morgan fingerprint density at radius 2 is 1.76 bits per heavy atom. The monoisotopic (exact) mass is 400 g/mol. The summed E-state index contributed by atoms with van der Waals surface area (Å²) in [5.74, 6) is -1.39. The fraction of sp³-hybridized carbons (Fsp3) is 0.545. The lowest BCUT2D eigenvalue weighted by atomic mass is 10.1. The minimum Gasteiger partial charge on any atom is -0.449 e. The lowest BCUT2D eigenvalue weighted by Gasteiger charge is -2.17. The van der Waals surface area contributed by atoms with Gasteiger partial charge in [0, 0.05) is 12.6 Å². The second-order valence-electron chi connectivity index (χ2n) is 8.24. The minimum absolute atomic E-state index is 0.143. The van der Waals surface area contributed by atoms with Gasteiger partial charge in [-0.25, -0.2) is 4.79 Å². The van der Waals surface area contributed by atoms with Crippen molar-refractivity contribution in [3.05, 3.63) is 34.9 Å². The summed E-state index contributed by atoms with van der Waals surface area (Å²) in [6.07, 6.45) is 3.86. The molecule has 1 aliphatic heterocycles. The van der Waals surface area contributed by atoms with Crippen LogP contribution in [-0.4, -0.2) is 47.3 Å². The summed E-state index contributed by atoms with van der Waals surface area (Å²) in [7, 11) is 0. The molecule has 2 aliphatic rings. The Bertz CT molecular complexity index is 826. The van der Waals surface area contributed by atoms with Gasteiger partial charge in [0.1, 0.15) is 0 Å². The number of rotatable bonds is 7. The molecule has 1 aromatic rings. The lowest BCUT2D eigenvalue weighted by Crippen LogP contribution is -2.40. The minimum atomic E-state index is -0.934. The van der Waals surface area contributed by atoms with E-state index in [2.05, 4.69) is 5.32 Å². The van der Waals surface area contributed by atoms with E-state index in [0.29, 0.717) is 24.4 Å². The topological polar surface area (TPSA) is 92.8 Å². The third-order valence-corrected chi connectivity index (χ3v) is 5.49. The molecule has 1 heterocycles. The van der Waals surface area contributed by atoms with Gasteiger partial charge in [0.05, 0.1) is 16.7 Å². The number of ether oxygens (including phenoxy) is 1. The maximum absolute atomic E-state index is 12.6. The highest BCUT2D eigenvalue weighted by Crippen LogP contribution is 2.25. The van der Waals surface area contributed by atoms with Crippen LogP contribution in [-0.2, 0) is 9.53 Å². The van der Waals surface area contributed by atoms with Gasteiger partial charge in [0.2, 0.25) is 0 Å². The van der Waals surface area contributed by atoms with Gasteiger partial charge in [0.15, 0.2) is 6.10 Å². The molecule has 0 saturated heterocycles. The predicted molar refractivity (Wildman–Crippen MR) is 107 cm³/mol. The molecule has 1 N–H and O–H groups in total. The van der Waals surface area contributed by atoms with E-state index in [4.69, 9.17) is 4.74 Å². The fourth-order valence-electron chi connectivity index (χ4n) is 3.68. The molecule has 1 aromatic carbocycles. The van der Waals surface area contributed by atoms with Crippen LogP contribution in [0.5, 0.6) is 0 Å². The highest BCUT2D eigenvalue weighted by atomic mass is 16.5. The summed E-state index contributed by atoms with van der Waals surface area (Å²) in [4.78, 5) is 51.0. The largest absolute Gasteiger partial charge is 0.449 e. The molecule has 3 rings (SSSR count). The maximum Gasteiger partial charge on any atom is 0.338 e. The van der Waals surface area contributed by atoms with Gasteiger partial charge >= 0.3 is 5.97 Å². The first-order chi connectivity index (χ1) is 13.8. The zero-order valence-corrected chi connectivity index (χ0v) is 17.2. The molecule has 0 spiro atoms. The lowest BCUT2D eigenvalue weighted by molar-refractivity contribution is -0.129. The van der Waals surface area contributed by atoms with Crippen molar-refractivity contribution in [1.29, 1.82) is 0 Å². The Morgan fingerprint density at radius 1 is 1.10 bits per heavy atom. The second kappa shape index (κ2) is 8.76. The van der Waals surface area contributed by atoms with Crippen molar-refractivity contribution in [3.63, 3.8) is 0 Å². The van der Waals surface area contributed by atoms with Crippen LogP contribution in [0.2, 0.25) is 0 Å². The number of imide groups is 1. The van der Waals surface area contributed by atoms with Crippen LogP contribution in [0.25, 0.3) is 0 Å². The number of nitrogens with zero attached hydrogens (tertiary/aromatic N) is 1. The first kappa shape index (κ1) is 21.0. The molecule has 7 nitrogen and oxygen atoms in total. The van der Waals surface area contributed by atoms with E-state index in [1.165, 1.54) is 30.0 Å². The summed E-state index contributed by atoms with van der Waals surface area (Å²) in [6.45, 7) is 5.92. The Labute approximate surface area is 170 Å². The SMILES string of the molecule is CC(C)CCN1C(=O)c2ccc(C(=O)OC(C)C(=O)NC3CCCC3)cc2C1=O. The third kappa shape index (κ3) is 4.66. The van der Waals surface area contributed by atoms with E-state index in [0.717, 1.165) is 25.7 Å². The van der Waals surface area contributed by atoms with Crippen molar-refractivity contribution >= 4 is 23.7 Å². The number of hydrogen-bond acceptors (Lipinski definition) is 5. The highest BCUT2D eigenvalue weighted by Gasteiger charge is 2.36. The fourth-order valence-corrected chi connectivity index (χ4v) is 3.68. The van der Waals surface area contributed by atoms with Gasteiger partial charge in [-0.05, 0) is 50.3 Å². The number of carbonyl (C=O) groups is 4. The Balaban J connectivity index is 1.65. The Hall–Kier alpha value is -2.70. The molecule has 1 aliphatic carbocycles. The molecule has 1 saturated carbocycles. The zero-order valence-electron chi connectivity index (χ0n) is 17.2. The molecule has 3 amide bonds. The van der Waals surface area contributed by atoms with Crippen molar-refractivity contribution in [2.24, 2.45) is 5.92 Å². The quantitative estimate of drug-likeness (QED) is 0.561. The van der Waals surface area contributed by atoms with Crippen LogP contribution < -0.4 is 5.32 Å². The molecule has 0 bridgehead atoms. The van der Waals surface area contributed by atoms with Crippen molar-refractivity contribution in [3.8, 4) is 0 Å². The summed E-state index contributed by atoms with van der Waals surface area (Å²) in [5.41, 5.74) is 0.648. The highest BCUT2D eigenvalue weighted by molar-refractivity contribution is 6.22. The number of esters is 1. The van der Waals surface area contributed by atoms with Crippen molar-refractivity contribution in [1.82, 2.24) is 10.2 Å².